The van der Waals surface area contributed by atoms with Gasteiger partial charge in [0.05, 0.1) is 0 Å². The van der Waals surface area contributed by atoms with Gasteiger partial charge in [-0.3, -0.25) is 0 Å². The molecule has 0 heterocycles. The Labute approximate surface area is 89.8 Å². The summed E-state index contributed by atoms with van der Waals surface area (Å²) in [6.45, 7) is 1.38. The number of carbonyl (C=O) groups excluding carboxylic acids is 1. The van der Waals surface area contributed by atoms with Gasteiger partial charge < -0.3 is 15.0 Å². The minimum Gasteiger partial charge on any atom is -0.410 e. The predicted molar refractivity (Wildman–Crippen MR) is 59.0 cm³/mol. The van der Waals surface area contributed by atoms with Crippen molar-refractivity contribution in [3.63, 3.8) is 0 Å². The summed E-state index contributed by atoms with van der Waals surface area (Å²) in [5.41, 5.74) is 0. The number of nitrogens with zero attached hydrogens (tertiary/aromatic N) is 1. The SMILES string of the molecule is CNCCN(C)C(=O)Oc1ccccc1. The summed E-state index contributed by atoms with van der Waals surface area (Å²) in [7, 11) is 3.55. The van der Waals surface area contributed by atoms with E-state index in [0.29, 0.717) is 12.3 Å². The number of hydrogen-bond acceptors (Lipinski definition) is 3. The van der Waals surface area contributed by atoms with Crippen molar-refractivity contribution >= 4 is 6.09 Å². The minimum absolute atomic E-state index is 0.337. The molecule has 1 aromatic carbocycles. The van der Waals surface area contributed by atoms with E-state index < -0.39 is 0 Å². The lowest BCUT2D eigenvalue weighted by molar-refractivity contribution is 0.163. The van der Waals surface area contributed by atoms with Crippen molar-refractivity contribution in [3.05, 3.63) is 30.3 Å². The fourth-order valence-corrected chi connectivity index (χ4v) is 1.04. The van der Waals surface area contributed by atoms with Crippen LogP contribution in [0.25, 0.3) is 0 Å². The van der Waals surface area contributed by atoms with Gasteiger partial charge in [0.15, 0.2) is 0 Å². The van der Waals surface area contributed by atoms with Crippen molar-refractivity contribution in [2.45, 2.75) is 0 Å². The molecule has 15 heavy (non-hydrogen) atoms. The van der Waals surface area contributed by atoms with Gasteiger partial charge in [0, 0.05) is 20.1 Å². The number of nitrogens with one attached hydrogen (secondary N) is 1. The van der Waals surface area contributed by atoms with E-state index in [1.807, 2.05) is 25.2 Å². The lowest BCUT2D eigenvalue weighted by atomic mass is 10.3. The van der Waals surface area contributed by atoms with E-state index in [4.69, 9.17) is 4.74 Å². The smallest absolute Gasteiger partial charge is 0.410 e. The first-order chi connectivity index (χ1) is 7.24. The average Bonchev–Trinajstić information content (AvgIpc) is 2.27. The molecule has 0 fully saturated rings. The largest absolute Gasteiger partial charge is 0.415 e. The molecule has 0 saturated carbocycles. The average molecular weight is 208 g/mol. The normalized spacial score (nSPS) is 9.73. The molecule has 0 aliphatic heterocycles. The van der Waals surface area contributed by atoms with Crippen LogP contribution in [0.4, 0.5) is 4.79 Å². The van der Waals surface area contributed by atoms with Gasteiger partial charge in [-0.05, 0) is 19.2 Å². The maximum Gasteiger partial charge on any atom is 0.415 e. The van der Waals surface area contributed by atoms with Gasteiger partial charge in [0.2, 0.25) is 0 Å². The zero-order valence-electron chi connectivity index (χ0n) is 9.06. The first kappa shape index (κ1) is 11.5. The van der Waals surface area contributed by atoms with E-state index >= 15 is 0 Å². The van der Waals surface area contributed by atoms with Crippen LogP contribution >= 0.6 is 0 Å². The van der Waals surface area contributed by atoms with Crippen LogP contribution in [-0.2, 0) is 0 Å². The summed E-state index contributed by atoms with van der Waals surface area (Å²) in [6, 6.07) is 9.04. The van der Waals surface area contributed by atoms with Crippen molar-refractivity contribution in [1.82, 2.24) is 10.2 Å². The molecule has 0 atom stereocenters. The lowest BCUT2D eigenvalue weighted by Crippen LogP contribution is -2.34. The highest BCUT2D eigenvalue weighted by molar-refractivity contribution is 5.70. The fraction of sp³-hybridized carbons (Fsp3) is 0.364. The van der Waals surface area contributed by atoms with Gasteiger partial charge in [-0.15, -0.1) is 0 Å². The topological polar surface area (TPSA) is 41.6 Å². The Morgan fingerprint density at radius 1 is 1.40 bits per heavy atom. The van der Waals surface area contributed by atoms with Gasteiger partial charge in [-0.2, -0.15) is 0 Å². The van der Waals surface area contributed by atoms with Gasteiger partial charge in [-0.25, -0.2) is 4.79 Å². The molecule has 0 aromatic heterocycles. The Bertz CT molecular complexity index is 301. The monoisotopic (exact) mass is 208 g/mol. The molecule has 1 amide bonds. The molecule has 0 bridgehead atoms. The first-order valence-electron chi connectivity index (χ1n) is 4.86. The molecule has 4 heteroatoms. The highest BCUT2D eigenvalue weighted by Gasteiger charge is 2.09. The predicted octanol–water partition coefficient (Wildman–Crippen LogP) is 1.34. The van der Waals surface area contributed by atoms with Crippen LogP contribution in [0.15, 0.2) is 30.3 Å². The molecule has 4 nitrogen and oxygen atoms in total. The summed E-state index contributed by atoms with van der Waals surface area (Å²) in [5.74, 6) is 0.568. The molecular formula is C11H16N2O2. The molecule has 0 aliphatic rings. The van der Waals surface area contributed by atoms with Crippen molar-refractivity contribution in [3.8, 4) is 5.75 Å². The second-order valence-electron chi connectivity index (χ2n) is 3.21. The molecular weight excluding hydrogens is 192 g/mol. The van der Waals surface area contributed by atoms with E-state index in [0.717, 1.165) is 6.54 Å². The minimum atomic E-state index is -0.337. The molecule has 82 valence electrons. The van der Waals surface area contributed by atoms with Crippen molar-refractivity contribution in [2.24, 2.45) is 0 Å². The quantitative estimate of drug-likeness (QED) is 0.811. The molecule has 0 unspecified atom stereocenters. The molecule has 1 aromatic rings. The summed E-state index contributed by atoms with van der Waals surface area (Å²) < 4.78 is 5.13. The Morgan fingerprint density at radius 3 is 2.67 bits per heavy atom. The zero-order chi connectivity index (χ0) is 11.1. The highest BCUT2D eigenvalue weighted by Crippen LogP contribution is 2.09. The van der Waals surface area contributed by atoms with Gasteiger partial charge >= 0.3 is 6.09 Å². The van der Waals surface area contributed by atoms with Gasteiger partial charge in [0.1, 0.15) is 5.75 Å². The number of rotatable bonds is 4. The van der Waals surface area contributed by atoms with E-state index in [9.17, 15) is 4.79 Å². The number of carbonyl (C=O) groups is 1. The lowest BCUT2D eigenvalue weighted by Gasteiger charge is -2.16. The van der Waals surface area contributed by atoms with Crippen LogP contribution in [0.3, 0.4) is 0 Å². The molecule has 0 saturated heterocycles. The number of likely N-dealkylation sites (N-methyl/N-ethyl adjacent to an activating group) is 2. The van der Waals surface area contributed by atoms with Crippen LogP contribution in [0.2, 0.25) is 0 Å². The van der Waals surface area contributed by atoms with Gasteiger partial charge in [0.25, 0.3) is 0 Å². The third kappa shape index (κ3) is 3.99. The van der Waals surface area contributed by atoms with E-state index in [2.05, 4.69) is 5.32 Å². The Hall–Kier alpha value is -1.55. The number of para-hydroxylation sites is 1. The zero-order valence-corrected chi connectivity index (χ0v) is 9.06. The second-order valence-corrected chi connectivity index (χ2v) is 3.21. The Morgan fingerprint density at radius 2 is 2.07 bits per heavy atom. The maximum atomic E-state index is 11.5. The Balaban J connectivity index is 2.42. The summed E-state index contributed by atoms with van der Waals surface area (Å²) in [6.07, 6.45) is -0.337. The Kier molecular flexibility index (Phi) is 4.63. The summed E-state index contributed by atoms with van der Waals surface area (Å²) in [4.78, 5) is 13.0. The third-order valence-electron chi connectivity index (χ3n) is 1.96. The molecule has 0 radical (unpaired) electrons. The first-order valence-corrected chi connectivity index (χ1v) is 4.86. The van der Waals surface area contributed by atoms with Crippen LogP contribution in [0.1, 0.15) is 0 Å². The van der Waals surface area contributed by atoms with E-state index in [1.165, 1.54) is 4.90 Å². The molecule has 1 N–H and O–H groups in total. The third-order valence-corrected chi connectivity index (χ3v) is 1.96. The standard InChI is InChI=1S/C11H16N2O2/c1-12-8-9-13(2)11(14)15-10-6-4-3-5-7-10/h3-7,12H,8-9H2,1-2H3. The highest BCUT2D eigenvalue weighted by atomic mass is 16.6. The maximum absolute atomic E-state index is 11.5. The number of hydrogen-bond donors (Lipinski definition) is 1. The summed E-state index contributed by atoms with van der Waals surface area (Å²) >= 11 is 0. The van der Waals surface area contributed by atoms with Gasteiger partial charge in [-0.1, -0.05) is 18.2 Å². The molecule has 0 aliphatic carbocycles. The van der Waals surface area contributed by atoms with Crippen LogP contribution in [0.5, 0.6) is 5.75 Å². The van der Waals surface area contributed by atoms with E-state index in [1.54, 1.807) is 19.2 Å². The number of benzene rings is 1. The van der Waals surface area contributed by atoms with Crippen molar-refractivity contribution in [1.29, 1.82) is 0 Å². The fourth-order valence-electron chi connectivity index (χ4n) is 1.04. The second kappa shape index (κ2) is 6.03. The number of amides is 1. The molecule has 0 spiro atoms. The van der Waals surface area contributed by atoms with Crippen LogP contribution in [-0.4, -0.2) is 38.2 Å². The number of ether oxygens (including phenoxy) is 1. The van der Waals surface area contributed by atoms with Crippen LogP contribution < -0.4 is 10.1 Å². The van der Waals surface area contributed by atoms with E-state index in [-0.39, 0.29) is 6.09 Å². The van der Waals surface area contributed by atoms with Crippen molar-refractivity contribution < 1.29 is 9.53 Å². The van der Waals surface area contributed by atoms with Crippen molar-refractivity contribution in [2.75, 3.05) is 27.2 Å². The van der Waals surface area contributed by atoms with Crippen LogP contribution in [0, 0.1) is 0 Å². The molecule has 1 rings (SSSR count). The summed E-state index contributed by atoms with van der Waals surface area (Å²) in [5, 5.41) is 2.97.